The van der Waals surface area contributed by atoms with Crippen molar-refractivity contribution in [1.82, 2.24) is 25.0 Å². The summed E-state index contributed by atoms with van der Waals surface area (Å²) < 4.78 is 2.95. The topological polar surface area (TPSA) is 118 Å². The number of hydrogen-bond donors (Lipinski definition) is 3. The molecule has 0 radical (unpaired) electrons. The molecule has 3 N–H and O–H groups in total. The van der Waals surface area contributed by atoms with Crippen molar-refractivity contribution < 1.29 is 9.59 Å². The smallest absolute Gasteiger partial charge is 0.331 e. The number of fused-ring (bicyclic) bond motifs is 1. The van der Waals surface area contributed by atoms with Gasteiger partial charge in [0.25, 0.3) is 17.4 Å². The highest BCUT2D eigenvalue weighted by molar-refractivity contribution is 9.10. The molecule has 0 atom stereocenters. The molecule has 0 saturated heterocycles. The summed E-state index contributed by atoms with van der Waals surface area (Å²) in [5, 5.41) is 0.340. The first-order valence-electron chi connectivity index (χ1n) is 8.08. The van der Waals surface area contributed by atoms with Crippen LogP contribution in [0.25, 0.3) is 10.9 Å². The summed E-state index contributed by atoms with van der Waals surface area (Å²) in [6.07, 6.45) is 1.58. The van der Waals surface area contributed by atoms with E-state index in [1.807, 2.05) is 0 Å². The Morgan fingerprint density at radius 3 is 2.56 bits per heavy atom. The fourth-order valence-electron chi connectivity index (χ4n) is 2.68. The Hall–Kier alpha value is -3.14. The largest absolute Gasteiger partial charge is 0.356 e. The van der Waals surface area contributed by atoms with E-state index >= 15 is 0 Å². The molecule has 27 heavy (non-hydrogen) atoms. The lowest BCUT2D eigenvalue weighted by atomic mass is 10.2. The van der Waals surface area contributed by atoms with E-state index in [0.717, 1.165) is 4.57 Å². The SMILES string of the molecule is CCn1c(=O)c2ccccc2n(CC(=O)NNC(=O)c2cc(Br)c[nH]2)c1=O. The number of hydrazine groups is 1. The Labute approximate surface area is 161 Å². The molecule has 2 heterocycles. The fraction of sp³-hybridized carbons (Fsp3) is 0.176. The molecule has 0 saturated carbocycles. The molecule has 3 aromatic rings. The molecule has 2 aromatic heterocycles. The second-order valence-corrected chi connectivity index (χ2v) is 6.58. The van der Waals surface area contributed by atoms with E-state index in [-0.39, 0.29) is 18.8 Å². The molecular weight excluding hydrogens is 418 g/mol. The molecule has 0 fully saturated rings. The first kappa shape index (κ1) is 18.6. The summed E-state index contributed by atoms with van der Waals surface area (Å²) in [6.45, 7) is 1.51. The van der Waals surface area contributed by atoms with Gasteiger partial charge in [-0.05, 0) is 41.1 Å². The standard InChI is InChI=1S/C17H16BrN5O4/c1-2-22-16(26)11-5-3-4-6-13(11)23(17(22)27)9-14(24)20-21-15(25)12-7-10(18)8-19-12/h3-8,19H,2,9H2,1H3,(H,20,24)(H,21,25). The summed E-state index contributed by atoms with van der Waals surface area (Å²) >= 11 is 3.21. The molecule has 0 bridgehead atoms. The molecule has 10 heteroatoms. The molecule has 140 valence electrons. The number of aromatic amines is 1. The number of amides is 2. The molecule has 0 aliphatic heterocycles. The molecule has 0 unspecified atom stereocenters. The number of carbonyl (C=O) groups excluding carboxylic acids is 2. The zero-order valence-corrected chi connectivity index (χ0v) is 15.9. The second kappa shape index (κ2) is 7.62. The Morgan fingerprint density at radius 1 is 1.15 bits per heavy atom. The Balaban J connectivity index is 1.84. The van der Waals surface area contributed by atoms with E-state index in [1.165, 1.54) is 4.57 Å². The van der Waals surface area contributed by atoms with Crippen molar-refractivity contribution in [3.8, 4) is 0 Å². The summed E-state index contributed by atoms with van der Waals surface area (Å²) in [5.41, 5.74) is 4.15. The van der Waals surface area contributed by atoms with Crippen molar-refractivity contribution in [2.75, 3.05) is 0 Å². The monoisotopic (exact) mass is 433 g/mol. The quantitative estimate of drug-likeness (QED) is 0.525. The highest BCUT2D eigenvalue weighted by atomic mass is 79.9. The van der Waals surface area contributed by atoms with Gasteiger partial charge in [0.1, 0.15) is 12.2 Å². The van der Waals surface area contributed by atoms with Crippen LogP contribution in [-0.4, -0.2) is 25.9 Å². The lowest BCUT2D eigenvalue weighted by molar-refractivity contribution is -0.122. The summed E-state index contributed by atoms with van der Waals surface area (Å²) in [5.74, 6) is -1.15. The first-order chi connectivity index (χ1) is 12.9. The highest BCUT2D eigenvalue weighted by Crippen LogP contribution is 2.10. The lowest BCUT2D eigenvalue weighted by Gasteiger charge is -2.13. The predicted octanol–water partition coefficient (Wildman–Crippen LogP) is 0.735. The van der Waals surface area contributed by atoms with Crippen molar-refractivity contribution in [1.29, 1.82) is 0 Å². The van der Waals surface area contributed by atoms with Gasteiger partial charge < -0.3 is 4.98 Å². The first-order valence-corrected chi connectivity index (χ1v) is 8.87. The zero-order chi connectivity index (χ0) is 19.6. The number of rotatable bonds is 4. The van der Waals surface area contributed by atoms with Crippen molar-refractivity contribution in [3.63, 3.8) is 0 Å². The number of halogens is 1. The van der Waals surface area contributed by atoms with Crippen molar-refractivity contribution in [2.24, 2.45) is 0 Å². The van der Waals surface area contributed by atoms with Gasteiger partial charge in [0.15, 0.2) is 0 Å². The molecule has 1 aromatic carbocycles. The maximum atomic E-state index is 12.6. The second-order valence-electron chi connectivity index (χ2n) is 5.67. The van der Waals surface area contributed by atoms with Gasteiger partial charge in [0.05, 0.1) is 10.9 Å². The molecule has 0 aliphatic carbocycles. The van der Waals surface area contributed by atoms with E-state index in [4.69, 9.17) is 0 Å². The number of hydrogen-bond acceptors (Lipinski definition) is 4. The minimum absolute atomic E-state index is 0.183. The molecule has 3 rings (SSSR count). The van der Waals surface area contributed by atoms with Crippen LogP contribution in [0, 0.1) is 0 Å². The van der Waals surface area contributed by atoms with Gasteiger partial charge in [-0.2, -0.15) is 0 Å². The lowest BCUT2D eigenvalue weighted by Crippen LogP contribution is -2.46. The molecule has 0 aliphatic rings. The summed E-state index contributed by atoms with van der Waals surface area (Å²) in [6, 6.07) is 8.11. The number of nitrogens with zero attached hydrogens (tertiary/aromatic N) is 2. The van der Waals surface area contributed by atoms with Gasteiger partial charge in [-0.25, -0.2) is 4.79 Å². The maximum Gasteiger partial charge on any atom is 0.331 e. The third-order valence-corrected chi connectivity index (χ3v) is 4.42. The Kier molecular flexibility index (Phi) is 5.26. The van der Waals surface area contributed by atoms with Crippen LogP contribution in [0.15, 0.2) is 50.6 Å². The normalized spacial score (nSPS) is 10.7. The fourth-order valence-corrected chi connectivity index (χ4v) is 3.02. The van der Waals surface area contributed by atoms with E-state index in [2.05, 4.69) is 31.8 Å². The van der Waals surface area contributed by atoms with Crippen LogP contribution in [0.2, 0.25) is 0 Å². The average molecular weight is 434 g/mol. The number of benzene rings is 1. The average Bonchev–Trinajstić information content (AvgIpc) is 3.10. The van der Waals surface area contributed by atoms with E-state index in [0.29, 0.717) is 15.4 Å². The molecular formula is C17H16BrN5O4. The third kappa shape index (κ3) is 3.70. The number of aromatic nitrogens is 3. The number of nitrogens with one attached hydrogen (secondary N) is 3. The van der Waals surface area contributed by atoms with Crippen molar-refractivity contribution >= 4 is 38.6 Å². The van der Waals surface area contributed by atoms with Crippen molar-refractivity contribution in [3.05, 3.63) is 67.5 Å². The van der Waals surface area contributed by atoms with Gasteiger partial charge in [-0.15, -0.1) is 0 Å². The van der Waals surface area contributed by atoms with Crippen LogP contribution in [0.5, 0.6) is 0 Å². The van der Waals surface area contributed by atoms with Crippen LogP contribution in [-0.2, 0) is 17.9 Å². The van der Waals surface area contributed by atoms with Crippen LogP contribution in [0.3, 0.4) is 0 Å². The third-order valence-electron chi connectivity index (χ3n) is 3.96. The maximum absolute atomic E-state index is 12.6. The molecule has 0 spiro atoms. The van der Waals surface area contributed by atoms with Gasteiger partial charge in [-0.1, -0.05) is 12.1 Å². The van der Waals surface area contributed by atoms with Crippen LogP contribution in [0.1, 0.15) is 17.4 Å². The van der Waals surface area contributed by atoms with Crippen LogP contribution >= 0.6 is 15.9 Å². The number of carbonyl (C=O) groups is 2. The predicted molar refractivity (Wildman–Crippen MR) is 102 cm³/mol. The number of para-hydroxylation sites is 1. The van der Waals surface area contributed by atoms with Gasteiger partial charge in [0.2, 0.25) is 0 Å². The molecule has 9 nitrogen and oxygen atoms in total. The van der Waals surface area contributed by atoms with Gasteiger partial charge in [0, 0.05) is 17.2 Å². The molecule has 2 amide bonds. The van der Waals surface area contributed by atoms with Crippen LogP contribution < -0.4 is 22.1 Å². The van der Waals surface area contributed by atoms with Gasteiger partial charge in [-0.3, -0.25) is 34.4 Å². The van der Waals surface area contributed by atoms with Crippen LogP contribution in [0.4, 0.5) is 0 Å². The Bertz CT molecular complexity index is 1140. The highest BCUT2D eigenvalue weighted by Gasteiger charge is 2.15. The Morgan fingerprint density at radius 2 is 1.89 bits per heavy atom. The minimum atomic E-state index is -0.609. The van der Waals surface area contributed by atoms with E-state index < -0.39 is 23.1 Å². The van der Waals surface area contributed by atoms with Gasteiger partial charge >= 0.3 is 5.69 Å². The summed E-state index contributed by atoms with van der Waals surface area (Å²) in [4.78, 5) is 51.9. The van der Waals surface area contributed by atoms with E-state index in [1.54, 1.807) is 43.5 Å². The number of H-pyrrole nitrogens is 1. The zero-order valence-electron chi connectivity index (χ0n) is 14.3. The van der Waals surface area contributed by atoms with Crippen molar-refractivity contribution in [2.45, 2.75) is 20.0 Å². The summed E-state index contributed by atoms with van der Waals surface area (Å²) in [7, 11) is 0. The van der Waals surface area contributed by atoms with E-state index in [9.17, 15) is 19.2 Å². The minimum Gasteiger partial charge on any atom is -0.356 e.